The molecule has 28 heavy (non-hydrogen) atoms. The van der Waals surface area contributed by atoms with Gasteiger partial charge in [0.15, 0.2) is 18.1 Å². The van der Waals surface area contributed by atoms with Gasteiger partial charge in [0.1, 0.15) is 0 Å². The Hall–Kier alpha value is -3.02. The van der Waals surface area contributed by atoms with Crippen LogP contribution < -0.4 is 9.47 Å². The van der Waals surface area contributed by atoms with Gasteiger partial charge in [0.25, 0.3) is 5.91 Å². The molecule has 1 amide bonds. The quantitative estimate of drug-likeness (QED) is 0.588. The number of carbonyl (C=O) groups is 1. The molecule has 0 bridgehead atoms. The van der Waals surface area contributed by atoms with Crippen LogP contribution in [0.5, 0.6) is 11.5 Å². The van der Waals surface area contributed by atoms with E-state index in [9.17, 15) is 4.79 Å². The summed E-state index contributed by atoms with van der Waals surface area (Å²) in [6.45, 7) is 3.55. The molecule has 2 aromatic carbocycles. The molecule has 2 aliphatic rings. The molecule has 0 spiro atoms. The van der Waals surface area contributed by atoms with Crippen LogP contribution in [0.15, 0.2) is 53.7 Å². The van der Waals surface area contributed by atoms with Gasteiger partial charge in [-0.3, -0.25) is 4.79 Å². The number of hydrogen-bond donors (Lipinski definition) is 0. The molecule has 0 aromatic heterocycles. The largest absolute Gasteiger partial charge is 0.454 e. The second kappa shape index (κ2) is 8.33. The van der Waals surface area contributed by atoms with Crippen molar-refractivity contribution >= 4 is 11.6 Å². The van der Waals surface area contributed by atoms with Crippen LogP contribution in [0.2, 0.25) is 0 Å². The highest BCUT2D eigenvalue weighted by molar-refractivity contribution is 5.99. The lowest BCUT2D eigenvalue weighted by atomic mass is 9.89. The molecule has 1 fully saturated rings. The van der Waals surface area contributed by atoms with Crippen molar-refractivity contribution in [2.75, 3.05) is 26.5 Å². The zero-order chi connectivity index (χ0) is 19.3. The first kappa shape index (κ1) is 18.3. The Balaban J connectivity index is 1.26. The predicted octanol–water partition coefficient (Wildman–Crippen LogP) is 3.56. The summed E-state index contributed by atoms with van der Waals surface area (Å²) in [7, 11) is 0. The van der Waals surface area contributed by atoms with E-state index in [0.717, 1.165) is 37.2 Å². The molecule has 2 aliphatic heterocycles. The van der Waals surface area contributed by atoms with Crippen LogP contribution in [0.25, 0.3) is 0 Å². The number of oxime groups is 1. The van der Waals surface area contributed by atoms with Crippen molar-refractivity contribution in [1.82, 2.24) is 4.90 Å². The van der Waals surface area contributed by atoms with Gasteiger partial charge in [-0.15, -0.1) is 0 Å². The summed E-state index contributed by atoms with van der Waals surface area (Å²) in [5.74, 6) is 1.93. The number of rotatable bonds is 5. The van der Waals surface area contributed by atoms with E-state index in [2.05, 4.69) is 29.4 Å². The van der Waals surface area contributed by atoms with E-state index in [0.29, 0.717) is 17.4 Å². The molecule has 4 rings (SSSR count). The zero-order valence-electron chi connectivity index (χ0n) is 16.0. The van der Waals surface area contributed by atoms with Crippen LogP contribution in [0, 0.1) is 0 Å². The Kier molecular flexibility index (Phi) is 5.46. The smallest absolute Gasteiger partial charge is 0.263 e. The maximum Gasteiger partial charge on any atom is 0.263 e. The van der Waals surface area contributed by atoms with Crippen LogP contribution >= 0.6 is 0 Å². The van der Waals surface area contributed by atoms with Crippen molar-refractivity contribution in [3.8, 4) is 11.5 Å². The van der Waals surface area contributed by atoms with Crippen molar-refractivity contribution in [3.05, 3.63) is 59.7 Å². The lowest BCUT2D eigenvalue weighted by molar-refractivity contribution is -0.137. The standard InChI is InChI=1S/C22H24N2O4/c1-16(19-7-8-20-21(13-19)27-15-26-20)23-28-14-22(25)24-11-9-18(10-12-24)17-5-3-2-4-6-17/h2-8,13,18H,9-12,14-15H2,1H3. The number of fused-ring (bicyclic) bond motifs is 1. The molecular formula is C22H24N2O4. The van der Waals surface area contributed by atoms with Crippen LogP contribution in [0.3, 0.4) is 0 Å². The Morgan fingerprint density at radius 2 is 1.86 bits per heavy atom. The van der Waals surface area contributed by atoms with Gasteiger partial charge in [0, 0.05) is 18.7 Å². The first-order valence-electron chi connectivity index (χ1n) is 9.60. The van der Waals surface area contributed by atoms with Crippen LogP contribution in [-0.2, 0) is 9.63 Å². The summed E-state index contributed by atoms with van der Waals surface area (Å²) in [4.78, 5) is 19.6. The highest BCUT2D eigenvalue weighted by Gasteiger charge is 2.24. The first-order chi connectivity index (χ1) is 13.7. The molecule has 0 N–H and O–H groups in total. The molecule has 146 valence electrons. The summed E-state index contributed by atoms with van der Waals surface area (Å²) in [6, 6.07) is 16.1. The number of carbonyl (C=O) groups excluding carboxylic acids is 1. The minimum absolute atomic E-state index is 0.0197. The number of nitrogens with zero attached hydrogens (tertiary/aromatic N) is 2. The number of likely N-dealkylation sites (tertiary alicyclic amines) is 1. The number of benzene rings is 2. The molecule has 2 aromatic rings. The van der Waals surface area contributed by atoms with Crippen molar-refractivity contribution in [1.29, 1.82) is 0 Å². The van der Waals surface area contributed by atoms with Crippen molar-refractivity contribution in [2.24, 2.45) is 5.16 Å². The van der Waals surface area contributed by atoms with Crippen molar-refractivity contribution in [2.45, 2.75) is 25.7 Å². The van der Waals surface area contributed by atoms with Gasteiger partial charge in [-0.1, -0.05) is 35.5 Å². The van der Waals surface area contributed by atoms with Gasteiger partial charge in [-0.2, -0.15) is 0 Å². The van der Waals surface area contributed by atoms with E-state index in [4.69, 9.17) is 14.3 Å². The van der Waals surface area contributed by atoms with Gasteiger partial charge in [0.2, 0.25) is 6.79 Å². The van der Waals surface area contributed by atoms with Gasteiger partial charge in [0.05, 0.1) is 5.71 Å². The molecular weight excluding hydrogens is 356 g/mol. The summed E-state index contributed by atoms with van der Waals surface area (Å²) in [5, 5.41) is 4.09. The Labute approximate surface area is 164 Å². The molecule has 0 unspecified atom stereocenters. The van der Waals surface area contributed by atoms with E-state index in [1.54, 1.807) is 0 Å². The Bertz CT molecular complexity index is 858. The predicted molar refractivity (Wildman–Crippen MR) is 106 cm³/mol. The van der Waals surface area contributed by atoms with E-state index in [1.807, 2.05) is 36.1 Å². The lowest BCUT2D eigenvalue weighted by Crippen LogP contribution is -2.39. The molecule has 0 saturated carbocycles. The third-order valence-corrected chi connectivity index (χ3v) is 5.30. The van der Waals surface area contributed by atoms with Crippen LogP contribution in [0.1, 0.15) is 36.8 Å². The summed E-state index contributed by atoms with van der Waals surface area (Å²) in [6.07, 6.45) is 1.96. The fourth-order valence-electron chi connectivity index (χ4n) is 3.64. The third-order valence-electron chi connectivity index (χ3n) is 5.30. The molecule has 6 heteroatoms. The maximum atomic E-state index is 12.4. The number of amides is 1. The molecule has 0 radical (unpaired) electrons. The van der Waals surface area contributed by atoms with Gasteiger partial charge >= 0.3 is 0 Å². The number of ether oxygens (including phenoxy) is 2. The van der Waals surface area contributed by atoms with E-state index in [-0.39, 0.29) is 19.3 Å². The minimum Gasteiger partial charge on any atom is -0.454 e. The average Bonchev–Trinajstić information content (AvgIpc) is 3.22. The van der Waals surface area contributed by atoms with Gasteiger partial charge < -0.3 is 19.2 Å². The topological polar surface area (TPSA) is 60.4 Å². The van der Waals surface area contributed by atoms with E-state index in [1.165, 1.54) is 5.56 Å². The fraction of sp³-hybridized carbons (Fsp3) is 0.364. The molecule has 6 nitrogen and oxygen atoms in total. The molecule has 0 atom stereocenters. The highest BCUT2D eigenvalue weighted by atomic mass is 16.7. The second-order valence-electron chi connectivity index (χ2n) is 7.08. The average molecular weight is 380 g/mol. The maximum absolute atomic E-state index is 12.4. The lowest BCUT2D eigenvalue weighted by Gasteiger charge is -2.32. The highest BCUT2D eigenvalue weighted by Crippen LogP contribution is 2.32. The van der Waals surface area contributed by atoms with Crippen LogP contribution in [0.4, 0.5) is 0 Å². The first-order valence-corrected chi connectivity index (χ1v) is 9.60. The zero-order valence-corrected chi connectivity index (χ0v) is 16.0. The van der Waals surface area contributed by atoms with Crippen molar-refractivity contribution < 1.29 is 19.1 Å². The molecule has 1 saturated heterocycles. The van der Waals surface area contributed by atoms with Gasteiger partial charge in [-0.25, -0.2) is 0 Å². The fourth-order valence-corrected chi connectivity index (χ4v) is 3.64. The minimum atomic E-state index is -0.0438. The molecule has 0 aliphatic carbocycles. The second-order valence-corrected chi connectivity index (χ2v) is 7.08. The normalized spacial score (nSPS) is 16.9. The Morgan fingerprint density at radius 1 is 1.11 bits per heavy atom. The van der Waals surface area contributed by atoms with E-state index >= 15 is 0 Å². The summed E-state index contributed by atoms with van der Waals surface area (Å²) < 4.78 is 10.7. The van der Waals surface area contributed by atoms with E-state index < -0.39 is 0 Å². The van der Waals surface area contributed by atoms with Crippen molar-refractivity contribution in [3.63, 3.8) is 0 Å². The number of hydrogen-bond acceptors (Lipinski definition) is 5. The Morgan fingerprint density at radius 3 is 2.64 bits per heavy atom. The molecule has 2 heterocycles. The van der Waals surface area contributed by atoms with Gasteiger partial charge in [-0.05, 0) is 49.4 Å². The monoisotopic (exact) mass is 380 g/mol. The van der Waals surface area contributed by atoms with Crippen LogP contribution in [-0.4, -0.2) is 43.0 Å². The number of piperidine rings is 1. The summed E-state index contributed by atoms with van der Waals surface area (Å²) in [5.41, 5.74) is 2.92. The summed E-state index contributed by atoms with van der Waals surface area (Å²) >= 11 is 0. The third kappa shape index (κ3) is 4.11. The SMILES string of the molecule is CC(=NOCC(=O)N1CCC(c2ccccc2)CC1)c1ccc2c(c1)OCO2.